The summed E-state index contributed by atoms with van der Waals surface area (Å²) in [7, 11) is 3.19. The SMILES string of the molecule is CCCN(C1=CC(OCC)=CC(=C=O)C1OC)c1nc(-c2ccc(OC)cc2Cl)c(C)s1.Cl. The van der Waals surface area contributed by atoms with Gasteiger partial charge in [-0.25, -0.2) is 9.78 Å². The summed E-state index contributed by atoms with van der Waals surface area (Å²) in [5.41, 5.74) is 2.84. The summed E-state index contributed by atoms with van der Waals surface area (Å²) in [6.45, 7) is 7.20. The van der Waals surface area contributed by atoms with Gasteiger partial charge in [0.1, 0.15) is 23.6 Å². The normalized spacial score (nSPS) is 15.2. The maximum Gasteiger partial charge on any atom is 0.190 e. The summed E-state index contributed by atoms with van der Waals surface area (Å²) in [5, 5.41) is 1.37. The van der Waals surface area contributed by atoms with Crippen molar-refractivity contribution in [3.05, 3.63) is 57.3 Å². The Balaban J connectivity index is 0.00000385. The predicted octanol–water partition coefficient (Wildman–Crippen LogP) is 6.01. The molecule has 1 aromatic carbocycles. The first-order valence-corrected chi connectivity index (χ1v) is 11.6. The fraction of sp³-hybridized carbons (Fsp3) is 0.375. The van der Waals surface area contributed by atoms with Gasteiger partial charge in [0.05, 0.1) is 35.7 Å². The van der Waals surface area contributed by atoms with E-state index in [1.165, 1.54) is 0 Å². The molecule has 1 unspecified atom stereocenters. The van der Waals surface area contributed by atoms with Crippen molar-refractivity contribution in [3.63, 3.8) is 0 Å². The minimum atomic E-state index is -0.555. The number of aromatic nitrogens is 1. The fourth-order valence-electron chi connectivity index (χ4n) is 3.57. The Morgan fingerprint density at radius 1 is 1.24 bits per heavy atom. The number of benzene rings is 1. The molecule has 9 heteroatoms. The van der Waals surface area contributed by atoms with Gasteiger partial charge in [-0.2, -0.15) is 0 Å². The molecule has 33 heavy (non-hydrogen) atoms. The molecular formula is C24H28Cl2N2O4S. The van der Waals surface area contributed by atoms with Crippen LogP contribution in [0.4, 0.5) is 5.13 Å². The molecule has 1 aromatic heterocycles. The summed E-state index contributed by atoms with van der Waals surface area (Å²) < 4.78 is 16.6. The number of ether oxygens (including phenoxy) is 3. The number of allylic oxidation sites excluding steroid dienone is 1. The second-order valence-electron chi connectivity index (χ2n) is 7.12. The van der Waals surface area contributed by atoms with E-state index < -0.39 is 6.10 Å². The van der Waals surface area contributed by atoms with E-state index in [2.05, 4.69) is 11.8 Å². The second kappa shape index (κ2) is 12.3. The zero-order chi connectivity index (χ0) is 23.3. The monoisotopic (exact) mass is 510 g/mol. The van der Waals surface area contributed by atoms with Crippen molar-refractivity contribution in [2.75, 3.05) is 32.3 Å². The van der Waals surface area contributed by atoms with Crippen LogP contribution in [-0.2, 0) is 14.3 Å². The Labute approximate surface area is 209 Å². The van der Waals surface area contributed by atoms with Gasteiger partial charge in [0, 0.05) is 30.2 Å². The van der Waals surface area contributed by atoms with Crippen LogP contribution in [0, 0.1) is 6.92 Å². The Bertz CT molecular complexity index is 1090. The van der Waals surface area contributed by atoms with Crippen LogP contribution >= 0.6 is 35.3 Å². The molecule has 0 radical (unpaired) electrons. The highest BCUT2D eigenvalue weighted by Crippen LogP contribution is 2.40. The minimum absolute atomic E-state index is 0. The number of anilines is 1. The third kappa shape index (κ3) is 5.81. The first kappa shape index (κ1) is 27.0. The van der Waals surface area contributed by atoms with Crippen LogP contribution in [0.5, 0.6) is 5.75 Å². The largest absolute Gasteiger partial charge is 0.497 e. The molecule has 0 spiro atoms. The average molecular weight is 511 g/mol. The molecular weight excluding hydrogens is 483 g/mol. The van der Waals surface area contributed by atoms with Crippen LogP contribution in [0.1, 0.15) is 25.1 Å². The predicted molar refractivity (Wildman–Crippen MR) is 137 cm³/mol. The minimum Gasteiger partial charge on any atom is -0.497 e. The highest BCUT2D eigenvalue weighted by atomic mass is 35.5. The molecule has 2 aromatic rings. The van der Waals surface area contributed by atoms with Gasteiger partial charge in [0.15, 0.2) is 5.13 Å². The van der Waals surface area contributed by atoms with E-state index in [0.29, 0.717) is 35.3 Å². The number of hydrogen-bond acceptors (Lipinski definition) is 7. The molecule has 0 bridgehead atoms. The Kier molecular flexibility index (Phi) is 10.0. The molecule has 0 saturated heterocycles. The number of hydrogen-bond donors (Lipinski definition) is 0. The number of rotatable bonds is 9. The van der Waals surface area contributed by atoms with Gasteiger partial charge in [-0.05, 0) is 44.5 Å². The lowest BCUT2D eigenvalue weighted by atomic mass is 10.0. The van der Waals surface area contributed by atoms with Crippen LogP contribution in [0.15, 0.2) is 47.4 Å². The summed E-state index contributed by atoms with van der Waals surface area (Å²) in [6.07, 6.45) is 3.90. The third-order valence-corrected chi connectivity index (χ3v) is 6.32. The van der Waals surface area contributed by atoms with Crippen molar-refractivity contribution in [1.82, 2.24) is 4.98 Å². The molecule has 1 aliphatic rings. The third-order valence-electron chi connectivity index (χ3n) is 5.01. The molecule has 1 aliphatic carbocycles. The van der Waals surface area contributed by atoms with Crippen molar-refractivity contribution in [2.24, 2.45) is 0 Å². The van der Waals surface area contributed by atoms with Gasteiger partial charge < -0.3 is 19.1 Å². The lowest BCUT2D eigenvalue weighted by molar-refractivity contribution is 0.155. The van der Waals surface area contributed by atoms with Crippen LogP contribution in [-0.4, -0.2) is 44.4 Å². The number of aryl methyl sites for hydroxylation is 1. The quantitative estimate of drug-likeness (QED) is 0.385. The van der Waals surface area contributed by atoms with E-state index in [1.807, 2.05) is 38.0 Å². The lowest BCUT2D eigenvalue weighted by Gasteiger charge is -2.32. The molecule has 178 valence electrons. The Hall–Kier alpha value is -2.28. The van der Waals surface area contributed by atoms with Crippen LogP contribution in [0.25, 0.3) is 11.3 Å². The molecule has 0 aliphatic heterocycles. The van der Waals surface area contributed by atoms with Gasteiger partial charge in [0.25, 0.3) is 0 Å². The first-order valence-electron chi connectivity index (χ1n) is 10.4. The second-order valence-corrected chi connectivity index (χ2v) is 8.71. The van der Waals surface area contributed by atoms with Gasteiger partial charge >= 0.3 is 0 Å². The van der Waals surface area contributed by atoms with Gasteiger partial charge in [-0.3, -0.25) is 0 Å². The van der Waals surface area contributed by atoms with Crippen LogP contribution in [0.2, 0.25) is 5.02 Å². The summed E-state index contributed by atoms with van der Waals surface area (Å²) in [5.74, 6) is 3.30. The standard InChI is InChI=1S/C24H27ClN2O4S.ClH/c1-6-10-27(21-13-18(31-7-2)11-16(14-28)23(21)30-5)24-26-22(15(3)32-24)19-9-8-17(29-4)12-20(19)25;/h8-9,11-13,23H,6-7,10H2,1-5H3;1H. The fourth-order valence-corrected chi connectivity index (χ4v) is 4.80. The van der Waals surface area contributed by atoms with Crippen molar-refractivity contribution in [2.45, 2.75) is 33.3 Å². The van der Waals surface area contributed by atoms with Crippen LogP contribution < -0.4 is 9.64 Å². The van der Waals surface area contributed by atoms with E-state index in [0.717, 1.165) is 33.4 Å². The van der Waals surface area contributed by atoms with Crippen molar-refractivity contribution in [3.8, 4) is 17.0 Å². The number of halogens is 2. The van der Waals surface area contributed by atoms with Gasteiger partial charge in [-0.15, -0.1) is 23.7 Å². The molecule has 1 atom stereocenters. The molecule has 0 N–H and O–H groups in total. The van der Waals surface area contributed by atoms with Gasteiger partial charge in [-0.1, -0.05) is 18.5 Å². The Morgan fingerprint density at radius 2 is 2.00 bits per heavy atom. The molecule has 0 fully saturated rings. The number of thiazole rings is 1. The highest BCUT2D eigenvalue weighted by Gasteiger charge is 2.30. The van der Waals surface area contributed by atoms with E-state index in [4.69, 9.17) is 30.8 Å². The highest BCUT2D eigenvalue weighted by molar-refractivity contribution is 7.16. The number of nitrogens with zero attached hydrogens (tertiary/aromatic N) is 2. The molecule has 0 amide bonds. The van der Waals surface area contributed by atoms with Crippen molar-refractivity contribution >= 4 is 46.4 Å². The van der Waals surface area contributed by atoms with E-state index in [-0.39, 0.29) is 12.4 Å². The van der Waals surface area contributed by atoms with Crippen molar-refractivity contribution < 1.29 is 19.0 Å². The zero-order valence-electron chi connectivity index (χ0n) is 19.3. The molecule has 6 nitrogen and oxygen atoms in total. The Morgan fingerprint density at radius 3 is 2.58 bits per heavy atom. The molecule has 1 heterocycles. The lowest BCUT2D eigenvalue weighted by Crippen LogP contribution is -2.34. The summed E-state index contributed by atoms with van der Waals surface area (Å²) >= 11 is 8.09. The first-order chi connectivity index (χ1) is 15.5. The van der Waals surface area contributed by atoms with E-state index in [9.17, 15) is 4.79 Å². The zero-order valence-corrected chi connectivity index (χ0v) is 21.7. The van der Waals surface area contributed by atoms with E-state index >= 15 is 0 Å². The topological polar surface area (TPSA) is 60.9 Å². The smallest absolute Gasteiger partial charge is 0.190 e. The number of methoxy groups -OCH3 is 2. The maximum atomic E-state index is 11.6. The summed E-state index contributed by atoms with van der Waals surface area (Å²) in [4.78, 5) is 19.7. The molecule has 3 rings (SSSR count). The maximum absolute atomic E-state index is 11.6. The molecule has 0 saturated carbocycles. The van der Waals surface area contributed by atoms with Crippen LogP contribution in [0.3, 0.4) is 0 Å². The number of carbonyl (C=O) groups excluding carboxylic acids is 1. The van der Waals surface area contributed by atoms with E-state index in [1.54, 1.807) is 37.7 Å². The average Bonchev–Trinajstić information content (AvgIpc) is 3.17. The summed E-state index contributed by atoms with van der Waals surface area (Å²) in [6, 6.07) is 5.57. The van der Waals surface area contributed by atoms with Crippen molar-refractivity contribution in [1.29, 1.82) is 0 Å². The van der Waals surface area contributed by atoms with Gasteiger partial charge in [0.2, 0.25) is 0 Å².